The van der Waals surface area contributed by atoms with E-state index in [4.69, 9.17) is 11.6 Å². The minimum atomic E-state index is -0.00698. The molecule has 0 aliphatic carbocycles. The molecule has 1 fully saturated rings. The van der Waals surface area contributed by atoms with E-state index >= 15 is 0 Å². The van der Waals surface area contributed by atoms with E-state index in [1.54, 1.807) is 0 Å². The smallest absolute Gasteiger partial charge is 0.231 e. The lowest BCUT2D eigenvalue weighted by Gasteiger charge is -2.28. The molecule has 0 bridgehead atoms. The van der Waals surface area contributed by atoms with Crippen LogP contribution in [0, 0.1) is 0 Å². The number of hydrogen-bond acceptors (Lipinski definition) is 5. The van der Waals surface area contributed by atoms with Gasteiger partial charge in [-0.05, 0) is 44.2 Å². The van der Waals surface area contributed by atoms with Gasteiger partial charge < -0.3 is 10.2 Å². The largest absolute Gasteiger partial charge is 0.349 e. The number of nitrogens with one attached hydrogen (secondary N) is 1. The molecule has 1 aromatic heterocycles. The van der Waals surface area contributed by atoms with E-state index in [0.717, 1.165) is 25.9 Å². The zero-order valence-corrected chi connectivity index (χ0v) is 12.7. The SMILES string of the molecule is CCC(C)(CC)Nc1nc(Cl)nc(N2CCCC2)n1. The Bertz CT molecular complexity index is 427. The molecule has 1 aliphatic heterocycles. The average molecular weight is 284 g/mol. The average Bonchev–Trinajstić information content (AvgIpc) is 2.92. The summed E-state index contributed by atoms with van der Waals surface area (Å²) >= 11 is 6.01. The Hall–Kier alpha value is -1.10. The van der Waals surface area contributed by atoms with Gasteiger partial charge in [0.15, 0.2) is 0 Å². The van der Waals surface area contributed by atoms with Gasteiger partial charge in [-0.2, -0.15) is 15.0 Å². The van der Waals surface area contributed by atoms with Gasteiger partial charge in [0.25, 0.3) is 0 Å². The second-order valence-electron chi connectivity index (χ2n) is 5.31. The fourth-order valence-corrected chi connectivity index (χ4v) is 2.31. The van der Waals surface area contributed by atoms with Crippen molar-refractivity contribution in [2.24, 2.45) is 0 Å². The van der Waals surface area contributed by atoms with Crippen LogP contribution in [0.15, 0.2) is 0 Å². The number of aromatic nitrogens is 3. The van der Waals surface area contributed by atoms with Crippen molar-refractivity contribution in [3.8, 4) is 0 Å². The zero-order chi connectivity index (χ0) is 13.9. The Kier molecular flexibility index (Phi) is 4.45. The van der Waals surface area contributed by atoms with Crippen molar-refractivity contribution < 1.29 is 0 Å². The fraction of sp³-hybridized carbons (Fsp3) is 0.769. The molecule has 106 valence electrons. The van der Waals surface area contributed by atoms with E-state index in [0.29, 0.717) is 11.9 Å². The van der Waals surface area contributed by atoms with E-state index in [1.165, 1.54) is 12.8 Å². The van der Waals surface area contributed by atoms with Crippen molar-refractivity contribution in [2.45, 2.75) is 52.0 Å². The van der Waals surface area contributed by atoms with Crippen LogP contribution in [0.25, 0.3) is 0 Å². The second-order valence-corrected chi connectivity index (χ2v) is 5.65. The Balaban J connectivity index is 2.21. The topological polar surface area (TPSA) is 53.9 Å². The molecule has 0 spiro atoms. The van der Waals surface area contributed by atoms with Gasteiger partial charge >= 0.3 is 0 Å². The predicted molar refractivity (Wildman–Crippen MR) is 78.9 cm³/mol. The summed E-state index contributed by atoms with van der Waals surface area (Å²) in [6.07, 6.45) is 4.39. The molecule has 1 aliphatic rings. The third-order valence-electron chi connectivity index (χ3n) is 3.96. The summed E-state index contributed by atoms with van der Waals surface area (Å²) in [6.45, 7) is 8.47. The zero-order valence-electron chi connectivity index (χ0n) is 11.9. The van der Waals surface area contributed by atoms with Crippen molar-refractivity contribution in [2.75, 3.05) is 23.3 Å². The van der Waals surface area contributed by atoms with Crippen molar-refractivity contribution in [1.82, 2.24) is 15.0 Å². The van der Waals surface area contributed by atoms with Crippen LogP contribution in [0.4, 0.5) is 11.9 Å². The third kappa shape index (κ3) is 3.47. The number of anilines is 2. The number of rotatable bonds is 5. The molecule has 1 aromatic rings. The lowest BCUT2D eigenvalue weighted by Crippen LogP contribution is -2.34. The molecule has 1 N–H and O–H groups in total. The Morgan fingerprint density at radius 3 is 2.37 bits per heavy atom. The molecule has 0 aromatic carbocycles. The number of hydrogen-bond donors (Lipinski definition) is 1. The van der Waals surface area contributed by atoms with Crippen LogP contribution in [0.3, 0.4) is 0 Å². The first-order valence-electron chi connectivity index (χ1n) is 7.01. The van der Waals surface area contributed by atoms with E-state index in [9.17, 15) is 0 Å². The van der Waals surface area contributed by atoms with Gasteiger partial charge in [0.05, 0.1) is 0 Å². The van der Waals surface area contributed by atoms with Gasteiger partial charge in [0.2, 0.25) is 17.2 Å². The van der Waals surface area contributed by atoms with Gasteiger partial charge in [-0.3, -0.25) is 0 Å². The highest BCUT2D eigenvalue weighted by Gasteiger charge is 2.22. The summed E-state index contributed by atoms with van der Waals surface area (Å²) in [7, 11) is 0. The van der Waals surface area contributed by atoms with Gasteiger partial charge in [0.1, 0.15) is 0 Å². The van der Waals surface area contributed by atoms with Crippen LogP contribution < -0.4 is 10.2 Å². The summed E-state index contributed by atoms with van der Waals surface area (Å²) in [5.74, 6) is 1.27. The molecular weight excluding hydrogens is 262 g/mol. The first-order valence-corrected chi connectivity index (χ1v) is 7.39. The molecule has 0 amide bonds. The summed E-state index contributed by atoms with van der Waals surface area (Å²) in [6, 6.07) is 0. The molecule has 0 radical (unpaired) electrons. The molecule has 0 unspecified atom stereocenters. The van der Waals surface area contributed by atoms with Crippen LogP contribution in [0.5, 0.6) is 0 Å². The molecule has 0 saturated carbocycles. The fourth-order valence-electron chi connectivity index (χ4n) is 2.15. The number of nitrogens with zero attached hydrogens (tertiary/aromatic N) is 4. The van der Waals surface area contributed by atoms with E-state index in [-0.39, 0.29) is 10.8 Å². The Morgan fingerprint density at radius 2 is 1.79 bits per heavy atom. The van der Waals surface area contributed by atoms with Crippen LogP contribution >= 0.6 is 11.6 Å². The molecule has 1 saturated heterocycles. The third-order valence-corrected chi connectivity index (χ3v) is 4.13. The molecule has 19 heavy (non-hydrogen) atoms. The Morgan fingerprint density at radius 1 is 1.16 bits per heavy atom. The molecule has 2 rings (SSSR count). The Labute approximate surface area is 119 Å². The summed E-state index contributed by atoms with van der Waals surface area (Å²) in [5.41, 5.74) is -0.00698. The summed E-state index contributed by atoms with van der Waals surface area (Å²) in [4.78, 5) is 15.1. The molecule has 2 heterocycles. The van der Waals surface area contributed by atoms with E-state index in [2.05, 4.69) is 45.9 Å². The highest BCUT2D eigenvalue weighted by atomic mass is 35.5. The maximum absolute atomic E-state index is 6.01. The van der Waals surface area contributed by atoms with E-state index in [1.807, 2.05) is 0 Å². The quantitative estimate of drug-likeness (QED) is 0.900. The summed E-state index contributed by atoms with van der Waals surface area (Å²) in [5, 5.41) is 3.64. The van der Waals surface area contributed by atoms with Gasteiger partial charge in [-0.15, -0.1) is 0 Å². The van der Waals surface area contributed by atoms with Crippen LogP contribution in [0.2, 0.25) is 5.28 Å². The highest BCUT2D eigenvalue weighted by Crippen LogP contribution is 2.23. The maximum atomic E-state index is 6.01. The minimum absolute atomic E-state index is 0.00698. The standard InChI is InChI=1S/C13H22ClN5/c1-4-13(3,5-2)18-11-15-10(14)16-12(17-11)19-8-6-7-9-19/h4-9H2,1-3H3,(H,15,16,17,18). The van der Waals surface area contributed by atoms with Crippen molar-refractivity contribution >= 4 is 23.5 Å². The second kappa shape index (κ2) is 5.90. The monoisotopic (exact) mass is 283 g/mol. The van der Waals surface area contributed by atoms with Crippen molar-refractivity contribution in [3.05, 3.63) is 5.28 Å². The van der Waals surface area contributed by atoms with Crippen molar-refractivity contribution in [3.63, 3.8) is 0 Å². The molecule has 6 heteroatoms. The lowest BCUT2D eigenvalue weighted by atomic mass is 9.96. The normalized spacial score (nSPS) is 15.9. The van der Waals surface area contributed by atoms with Crippen LogP contribution in [0.1, 0.15) is 46.5 Å². The highest BCUT2D eigenvalue weighted by molar-refractivity contribution is 6.28. The van der Waals surface area contributed by atoms with E-state index < -0.39 is 0 Å². The summed E-state index contributed by atoms with van der Waals surface area (Å²) < 4.78 is 0. The van der Waals surface area contributed by atoms with Crippen molar-refractivity contribution in [1.29, 1.82) is 0 Å². The van der Waals surface area contributed by atoms with Gasteiger partial charge in [-0.1, -0.05) is 13.8 Å². The first-order chi connectivity index (χ1) is 9.06. The first kappa shape index (κ1) is 14.3. The van der Waals surface area contributed by atoms with Crippen LogP contribution in [-0.4, -0.2) is 33.6 Å². The molecule has 0 atom stereocenters. The molecular formula is C13H22ClN5. The van der Waals surface area contributed by atoms with Gasteiger partial charge in [0, 0.05) is 18.6 Å². The number of halogens is 1. The minimum Gasteiger partial charge on any atom is -0.349 e. The molecule has 5 nitrogen and oxygen atoms in total. The lowest BCUT2D eigenvalue weighted by molar-refractivity contribution is 0.474. The van der Waals surface area contributed by atoms with Gasteiger partial charge in [-0.25, -0.2) is 0 Å². The predicted octanol–water partition coefficient (Wildman–Crippen LogP) is 3.12. The maximum Gasteiger partial charge on any atom is 0.231 e. The van der Waals surface area contributed by atoms with Crippen LogP contribution in [-0.2, 0) is 0 Å².